The summed E-state index contributed by atoms with van der Waals surface area (Å²) in [6.07, 6.45) is 2.87. The Labute approximate surface area is 164 Å². The average molecular weight is 374 g/mol. The molecule has 1 N–H and O–H groups in total. The molecule has 0 atom stereocenters. The van der Waals surface area contributed by atoms with Crippen LogP contribution in [0.2, 0.25) is 0 Å². The van der Waals surface area contributed by atoms with E-state index in [1.165, 1.54) is 0 Å². The van der Waals surface area contributed by atoms with Crippen LogP contribution in [0.25, 0.3) is 0 Å². The highest BCUT2D eigenvalue weighted by Crippen LogP contribution is 2.28. The molecule has 0 aromatic heterocycles. The maximum Gasteiger partial charge on any atom is 0.331 e. The summed E-state index contributed by atoms with van der Waals surface area (Å²) in [5.41, 5.74) is 1.77. The van der Waals surface area contributed by atoms with Crippen molar-refractivity contribution in [1.29, 1.82) is 0 Å². The molecule has 0 spiro atoms. The molecule has 1 heterocycles. The number of hydrogen-bond acceptors (Lipinski definition) is 5. The first kappa shape index (κ1) is 21.9. The van der Waals surface area contributed by atoms with Crippen molar-refractivity contribution in [1.82, 2.24) is 0 Å². The van der Waals surface area contributed by atoms with Crippen LogP contribution >= 0.6 is 0 Å². The van der Waals surface area contributed by atoms with E-state index >= 15 is 0 Å². The second-order valence-electron chi connectivity index (χ2n) is 8.31. The van der Waals surface area contributed by atoms with Crippen LogP contribution < -0.4 is 10.4 Å². The third-order valence-corrected chi connectivity index (χ3v) is 5.81. The zero-order valence-electron chi connectivity index (χ0n) is 17.5. The number of hydrogen-bond donors (Lipinski definition) is 1. The molecule has 1 aliphatic rings. The molecule has 1 aromatic rings. The number of benzene rings is 1. The maximum atomic E-state index is 11.6. The number of nitrogens with zero attached hydrogens (tertiary/aromatic N) is 1. The zero-order valence-corrected chi connectivity index (χ0v) is 17.5. The summed E-state index contributed by atoms with van der Waals surface area (Å²) in [6.45, 7) is 13.7. The summed E-state index contributed by atoms with van der Waals surface area (Å²) in [4.78, 5) is 14.0. The van der Waals surface area contributed by atoms with E-state index in [0.29, 0.717) is 11.6 Å². The van der Waals surface area contributed by atoms with Crippen molar-refractivity contribution in [3.63, 3.8) is 0 Å². The molecule has 1 saturated heterocycles. The molecule has 0 aliphatic carbocycles. The number of aldehydes is 1. The molecule has 6 heteroatoms. The molecule has 27 heavy (non-hydrogen) atoms. The Balaban J connectivity index is 2.32. The minimum atomic E-state index is -0.998. The number of rotatable bonds is 8. The van der Waals surface area contributed by atoms with E-state index in [2.05, 4.69) is 17.9 Å². The van der Waals surface area contributed by atoms with E-state index in [4.69, 9.17) is 9.39 Å². The standard InChI is InChI=1S/C21H33BNO4/c1-7-23(18-8-10-26-11-9-18)19-13-17(12-16(14-24)15(19)2)22-27-21(5,6)20(3,4)25/h12-14,18,25H,7-11H2,1-6H3. The second kappa shape index (κ2) is 8.76. The SMILES string of the molecule is CCN(c1cc([B]OC(C)(C)C(C)(C)O)cc(C=O)c1C)C1CCOCC1. The van der Waals surface area contributed by atoms with Crippen molar-refractivity contribution in [2.45, 2.75) is 71.6 Å². The lowest BCUT2D eigenvalue weighted by molar-refractivity contribution is -0.0893. The van der Waals surface area contributed by atoms with Crippen LogP contribution in [0.1, 0.15) is 63.4 Å². The first-order valence-electron chi connectivity index (χ1n) is 9.78. The van der Waals surface area contributed by atoms with Crippen LogP contribution in [0, 0.1) is 6.92 Å². The van der Waals surface area contributed by atoms with Crippen LogP contribution in [-0.2, 0) is 9.39 Å². The molecule has 0 bridgehead atoms. The number of carbonyl (C=O) groups is 1. The lowest BCUT2D eigenvalue weighted by atomic mass is 9.81. The molecule has 0 unspecified atom stereocenters. The monoisotopic (exact) mass is 374 g/mol. The van der Waals surface area contributed by atoms with Crippen molar-refractivity contribution in [2.24, 2.45) is 0 Å². The van der Waals surface area contributed by atoms with Gasteiger partial charge in [-0.25, -0.2) is 0 Å². The van der Waals surface area contributed by atoms with Gasteiger partial charge in [0.05, 0.1) is 11.2 Å². The molecule has 5 nitrogen and oxygen atoms in total. The van der Waals surface area contributed by atoms with Gasteiger partial charge in [-0.1, -0.05) is 11.5 Å². The normalized spacial score (nSPS) is 16.3. The van der Waals surface area contributed by atoms with Gasteiger partial charge in [-0.2, -0.15) is 0 Å². The van der Waals surface area contributed by atoms with Gasteiger partial charge in [0.25, 0.3) is 0 Å². The quantitative estimate of drug-likeness (QED) is 0.560. The number of anilines is 1. The van der Waals surface area contributed by atoms with E-state index in [1.807, 2.05) is 26.8 Å². The fourth-order valence-electron chi connectivity index (χ4n) is 3.21. The van der Waals surface area contributed by atoms with Crippen molar-refractivity contribution < 1.29 is 19.3 Å². The summed E-state index contributed by atoms with van der Waals surface area (Å²) in [5, 5.41) is 10.3. The van der Waals surface area contributed by atoms with Gasteiger partial charge in [-0.05, 0) is 66.0 Å². The van der Waals surface area contributed by atoms with Crippen LogP contribution in [0.3, 0.4) is 0 Å². The van der Waals surface area contributed by atoms with Crippen molar-refractivity contribution in [2.75, 3.05) is 24.7 Å². The Morgan fingerprint density at radius 1 is 1.30 bits per heavy atom. The summed E-state index contributed by atoms with van der Waals surface area (Å²) in [5.74, 6) is 0. The van der Waals surface area contributed by atoms with Gasteiger partial charge in [0.15, 0.2) is 0 Å². The highest BCUT2D eigenvalue weighted by molar-refractivity contribution is 6.47. The van der Waals surface area contributed by atoms with Crippen LogP contribution in [0.4, 0.5) is 5.69 Å². The number of aliphatic hydroxyl groups is 1. The first-order chi connectivity index (χ1) is 12.6. The molecule has 0 amide bonds. The molecule has 1 aromatic carbocycles. The third-order valence-electron chi connectivity index (χ3n) is 5.81. The van der Waals surface area contributed by atoms with E-state index < -0.39 is 11.2 Å². The zero-order chi connectivity index (χ0) is 20.2. The first-order valence-corrected chi connectivity index (χ1v) is 9.78. The third kappa shape index (κ3) is 5.12. The van der Waals surface area contributed by atoms with Gasteiger partial charge in [0, 0.05) is 37.1 Å². The molecule has 1 fully saturated rings. The van der Waals surface area contributed by atoms with Gasteiger partial charge in [-0.3, -0.25) is 4.79 Å². The summed E-state index contributed by atoms with van der Waals surface area (Å²) >= 11 is 0. The van der Waals surface area contributed by atoms with Gasteiger partial charge >= 0.3 is 7.48 Å². The van der Waals surface area contributed by atoms with Crippen LogP contribution in [0.5, 0.6) is 0 Å². The van der Waals surface area contributed by atoms with Crippen molar-refractivity contribution >= 4 is 24.9 Å². The van der Waals surface area contributed by atoms with Gasteiger partial charge in [0.1, 0.15) is 6.29 Å². The lowest BCUT2D eigenvalue weighted by Crippen LogP contribution is -2.49. The maximum absolute atomic E-state index is 11.6. The summed E-state index contributed by atoms with van der Waals surface area (Å²) < 4.78 is 11.4. The predicted octanol–water partition coefficient (Wildman–Crippen LogP) is 2.62. The molecule has 2 rings (SSSR count). The molecular formula is C21H33BNO4. The Kier molecular flexibility index (Phi) is 7.11. The number of carbonyl (C=O) groups excluding carboxylic acids is 1. The smallest absolute Gasteiger partial charge is 0.331 e. The summed E-state index contributed by atoms with van der Waals surface area (Å²) in [7, 11) is 1.64. The highest BCUT2D eigenvalue weighted by Gasteiger charge is 2.36. The fourth-order valence-corrected chi connectivity index (χ4v) is 3.21. The average Bonchev–Trinajstić information content (AvgIpc) is 2.62. The molecule has 0 saturated carbocycles. The van der Waals surface area contributed by atoms with Crippen molar-refractivity contribution in [3.05, 3.63) is 23.3 Å². The Bertz CT molecular complexity index is 648. The second-order valence-corrected chi connectivity index (χ2v) is 8.31. The Morgan fingerprint density at radius 2 is 1.93 bits per heavy atom. The van der Waals surface area contributed by atoms with E-state index in [0.717, 1.165) is 55.6 Å². The van der Waals surface area contributed by atoms with Gasteiger partial charge < -0.3 is 19.4 Å². The van der Waals surface area contributed by atoms with E-state index in [-0.39, 0.29) is 0 Å². The molecule has 1 aliphatic heterocycles. The van der Waals surface area contributed by atoms with Gasteiger partial charge in [-0.15, -0.1) is 0 Å². The van der Waals surface area contributed by atoms with Crippen LogP contribution in [-0.4, -0.2) is 55.9 Å². The largest absolute Gasteiger partial charge is 0.427 e. The number of ether oxygens (including phenoxy) is 1. The lowest BCUT2D eigenvalue weighted by Gasteiger charge is -2.38. The molecule has 149 valence electrons. The Morgan fingerprint density at radius 3 is 2.44 bits per heavy atom. The van der Waals surface area contributed by atoms with Crippen molar-refractivity contribution in [3.8, 4) is 0 Å². The van der Waals surface area contributed by atoms with Crippen LogP contribution in [0.15, 0.2) is 12.1 Å². The molecule has 1 radical (unpaired) electrons. The van der Waals surface area contributed by atoms with E-state index in [1.54, 1.807) is 21.3 Å². The fraction of sp³-hybridized carbons (Fsp3) is 0.667. The predicted molar refractivity (Wildman–Crippen MR) is 110 cm³/mol. The van der Waals surface area contributed by atoms with E-state index in [9.17, 15) is 9.90 Å². The topological polar surface area (TPSA) is 59.0 Å². The highest BCUT2D eigenvalue weighted by atomic mass is 16.5. The summed E-state index contributed by atoms with van der Waals surface area (Å²) in [6, 6.07) is 4.32. The minimum Gasteiger partial charge on any atom is -0.427 e. The molecular weight excluding hydrogens is 341 g/mol. The Hall–Kier alpha value is -1.37. The minimum absolute atomic E-state index is 0.408. The van der Waals surface area contributed by atoms with Gasteiger partial charge in [0.2, 0.25) is 0 Å².